The molecule has 0 aliphatic rings. The molecule has 0 aliphatic heterocycles. The summed E-state index contributed by atoms with van der Waals surface area (Å²) in [6.45, 7) is 0.537. The van der Waals surface area contributed by atoms with Crippen LogP contribution in [0.3, 0.4) is 0 Å². The van der Waals surface area contributed by atoms with E-state index in [0.717, 1.165) is 0 Å². The van der Waals surface area contributed by atoms with Gasteiger partial charge in [0.2, 0.25) is 0 Å². The fraction of sp³-hybridized carbons (Fsp3) is 0.333. The second kappa shape index (κ2) is 5.85. The van der Waals surface area contributed by atoms with E-state index in [1.807, 2.05) is 0 Å². The third kappa shape index (κ3) is 3.12. The zero-order chi connectivity index (χ0) is 11.1. The van der Waals surface area contributed by atoms with Crippen molar-refractivity contribution < 1.29 is 13.9 Å². The quantitative estimate of drug-likeness (QED) is 0.325. The molecule has 0 fully saturated rings. The van der Waals surface area contributed by atoms with Gasteiger partial charge >= 0.3 is 0 Å². The summed E-state index contributed by atoms with van der Waals surface area (Å²) in [6.07, 6.45) is 0. The lowest BCUT2D eigenvalue weighted by atomic mass is 10.3. The van der Waals surface area contributed by atoms with E-state index in [2.05, 4.69) is 10.0 Å². The van der Waals surface area contributed by atoms with Crippen molar-refractivity contribution in [2.24, 2.45) is 5.11 Å². The van der Waals surface area contributed by atoms with Gasteiger partial charge in [0.05, 0.1) is 12.3 Å². The Hall–Kier alpha value is -1.78. The predicted octanol–water partition coefficient (Wildman–Crippen LogP) is 2.79. The molecule has 0 saturated carbocycles. The fourth-order valence-electron chi connectivity index (χ4n) is 0.994. The topological polar surface area (TPSA) is 67.2 Å². The summed E-state index contributed by atoms with van der Waals surface area (Å²) in [5.41, 5.74) is 8.40. The Morgan fingerprint density at radius 1 is 1.47 bits per heavy atom. The second-order valence-electron chi connectivity index (χ2n) is 2.62. The Balaban J connectivity index is 2.86. The minimum Gasteiger partial charge on any atom is -0.488 e. The average Bonchev–Trinajstić information content (AvgIpc) is 2.23. The lowest BCUT2D eigenvalue weighted by Gasteiger charge is -2.08. The van der Waals surface area contributed by atoms with Gasteiger partial charge in [0.1, 0.15) is 6.61 Å². The zero-order valence-electron chi connectivity index (χ0n) is 8.18. The summed E-state index contributed by atoms with van der Waals surface area (Å²) >= 11 is 0. The number of nitrogens with zero attached hydrogens (tertiary/aromatic N) is 3. The minimum atomic E-state index is -0.559. The van der Waals surface area contributed by atoms with Crippen molar-refractivity contribution in [3.63, 3.8) is 0 Å². The lowest BCUT2D eigenvalue weighted by molar-refractivity contribution is 0.144. The standard InChI is InChI=1S/C9H10FN3O2/c1-14-5-6-15-9-7(10)3-2-4-8(9)12-13-11/h2-4H,5-6H2,1H3. The molecule has 5 nitrogen and oxygen atoms in total. The van der Waals surface area contributed by atoms with Crippen LogP contribution < -0.4 is 4.74 Å². The smallest absolute Gasteiger partial charge is 0.165 e. The van der Waals surface area contributed by atoms with Crippen LogP contribution in [0.4, 0.5) is 10.1 Å². The molecule has 0 bridgehead atoms. The van der Waals surface area contributed by atoms with E-state index in [-0.39, 0.29) is 18.0 Å². The molecule has 6 heteroatoms. The van der Waals surface area contributed by atoms with Gasteiger partial charge in [-0.3, -0.25) is 0 Å². The van der Waals surface area contributed by atoms with Gasteiger partial charge in [0.15, 0.2) is 11.6 Å². The number of ether oxygens (including phenoxy) is 2. The molecule has 0 unspecified atom stereocenters. The number of azide groups is 1. The van der Waals surface area contributed by atoms with Gasteiger partial charge in [-0.15, -0.1) is 0 Å². The van der Waals surface area contributed by atoms with Crippen LogP contribution in [0.5, 0.6) is 5.75 Å². The maximum Gasteiger partial charge on any atom is 0.165 e. The zero-order valence-corrected chi connectivity index (χ0v) is 8.18. The van der Waals surface area contributed by atoms with Crippen LogP contribution in [0.15, 0.2) is 23.3 Å². The van der Waals surface area contributed by atoms with Gasteiger partial charge in [-0.2, -0.15) is 0 Å². The fourth-order valence-corrected chi connectivity index (χ4v) is 0.994. The largest absolute Gasteiger partial charge is 0.488 e. The van der Waals surface area contributed by atoms with Crippen LogP contribution in [0.25, 0.3) is 10.4 Å². The van der Waals surface area contributed by atoms with Crippen molar-refractivity contribution >= 4 is 5.69 Å². The highest BCUT2D eigenvalue weighted by atomic mass is 19.1. The van der Waals surface area contributed by atoms with Crippen LogP contribution in [0.2, 0.25) is 0 Å². The minimum absolute atomic E-state index is 0.0487. The Bertz CT molecular complexity index is 378. The third-order valence-corrected chi connectivity index (χ3v) is 1.63. The first kappa shape index (κ1) is 11.3. The summed E-state index contributed by atoms with van der Waals surface area (Å²) in [5, 5.41) is 3.32. The van der Waals surface area contributed by atoms with Gasteiger partial charge in [-0.05, 0) is 17.7 Å². The highest BCUT2D eigenvalue weighted by Gasteiger charge is 2.07. The van der Waals surface area contributed by atoms with Crippen LogP contribution >= 0.6 is 0 Å². The molecule has 80 valence electrons. The molecule has 1 rings (SSSR count). The molecule has 0 radical (unpaired) electrons. The summed E-state index contributed by atoms with van der Waals surface area (Å²) < 4.78 is 23.1. The number of hydrogen-bond acceptors (Lipinski definition) is 3. The first-order valence-electron chi connectivity index (χ1n) is 4.25. The molecular formula is C9H10FN3O2. The number of para-hydroxylation sites is 1. The molecule has 0 spiro atoms. The van der Waals surface area contributed by atoms with Gasteiger partial charge in [0.25, 0.3) is 0 Å². The van der Waals surface area contributed by atoms with Crippen molar-refractivity contribution in [2.75, 3.05) is 20.3 Å². The van der Waals surface area contributed by atoms with Crippen LogP contribution in [0.1, 0.15) is 0 Å². The summed E-state index contributed by atoms with van der Waals surface area (Å²) in [4.78, 5) is 2.58. The molecule has 1 aromatic rings. The molecule has 0 saturated heterocycles. The van der Waals surface area contributed by atoms with Crippen LogP contribution in [-0.4, -0.2) is 20.3 Å². The average molecular weight is 211 g/mol. The van der Waals surface area contributed by atoms with E-state index in [4.69, 9.17) is 15.0 Å². The van der Waals surface area contributed by atoms with Crippen molar-refractivity contribution in [2.45, 2.75) is 0 Å². The summed E-state index contributed by atoms with van der Waals surface area (Å²) in [6, 6.07) is 4.16. The molecule has 0 N–H and O–H groups in total. The monoisotopic (exact) mass is 211 g/mol. The molecular weight excluding hydrogens is 201 g/mol. The Labute approximate surface area is 86.1 Å². The predicted molar refractivity (Wildman–Crippen MR) is 52.6 cm³/mol. The van der Waals surface area contributed by atoms with Crippen molar-refractivity contribution in [3.8, 4) is 5.75 Å². The SMILES string of the molecule is COCCOc1c(F)cccc1N=[N+]=[N-]. The van der Waals surface area contributed by atoms with Crippen molar-refractivity contribution in [1.82, 2.24) is 0 Å². The molecule has 0 heterocycles. The van der Waals surface area contributed by atoms with E-state index in [1.54, 1.807) is 0 Å². The van der Waals surface area contributed by atoms with Crippen molar-refractivity contribution in [3.05, 3.63) is 34.5 Å². The molecule has 1 aromatic carbocycles. The maximum absolute atomic E-state index is 13.3. The second-order valence-corrected chi connectivity index (χ2v) is 2.62. The van der Waals surface area contributed by atoms with E-state index in [9.17, 15) is 4.39 Å². The van der Waals surface area contributed by atoms with E-state index >= 15 is 0 Å². The molecule has 0 amide bonds. The molecule has 15 heavy (non-hydrogen) atoms. The Morgan fingerprint density at radius 2 is 2.27 bits per heavy atom. The van der Waals surface area contributed by atoms with Crippen LogP contribution in [-0.2, 0) is 4.74 Å². The first-order valence-corrected chi connectivity index (χ1v) is 4.25. The highest BCUT2D eigenvalue weighted by Crippen LogP contribution is 2.30. The highest BCUT2D eigenvalue weighted by molar-refractivity contribution is 5.52. The summed E-state index contributed by atoms with van der Waals surface area (Å²) in [5.74, 6) is -0.608. The van der Waals surface area contributed by atoms with E-state index in [0.29, 0.717) is 6.61 Å². The first-order chi connectivity index (χ1) is 7.29. The molecule has 0 aromatic heterocycles. The number of methoxy groups -OCH3 is 1. The van der Waals surface area contributed by atoms with Crippen LogP contribution in [0, 0.1) is 5.82 Å². The van der Waals surface area contributed by atoms with E-state index in [1.165, 1.54) is 25.3 Å². The Morgan fingerprint density at radius 3 is 2.93 bits per heavy atom. The number of halogens is 1. The summed E-state index contributed by atoms with van der Waals surface area (Å²) in [7, 11) is 1.51. The van der Waals surface area contributed by atoms with Crippen molar-refractivity contribution in [1.29, 1.82) is 0 Å². The normalized spacial score (nSPS) is 9.47. The van der Waals surface area contributed by atoms with Gasteiger partial charge in [-0.1, -0.05) is 11.2 Å². The van der Waals surface area contributed by atoms with Gasteiger partial charge < -0.3 is 9.47 Å². The third-order valence-electron chi connectivity index (χ3n) is 1.63. The van der Waals surface area contributed by atoms with E-state index < -0.39 is 5.82 Å². The van der Waals surface area contributed by atoms with Gasteiger partial charge in [0, 0.05) is 12.0 Å². The number of benzene rings is 1. The number of rotatable bonds is 5. The molecule has 0 aliphatic carbocycles. The van der Waals surface area contributed by atoms with Gasteiger partial charge in [-0.25, -0.2) is 4.39 Å². The Kier molecular flexibility index (Phi) is 4.40. The number of hydrogen-bond donors (Lipinski definition) is 0. The maximum atomic E-state index is 13.3. The lowest BCUT2D eigenvalue weighted by Crippen LogP contribution is -2.05. The molecule has 0 atom stereocenters.